The first-order valence-electron chi connectivity index (χ1n) is 7.33. The lowest BCUT2D eigenvalue weighted by atomic mass is 10.0. The molecule has 0 radical (unpaired) electrons. The van der Waals surface area contributed by atoms with Crippen LogP contribution in [0.1, 0.15) is 38.5 Å². The van der Waals surface area contributed by atoms with E-state index < -0.39 is 0 Å². The maximum absolute atomic E-state index is 12.0. The summed E-state index contributed by atoms with van der Waals surface area (Å²) in [6.45, 7) is 2.13. The van der Waals surface area contributed by atoms with E-state index in [1.54, 1.807) is 0 Å². The maximum Gasteiger partial charge on any atom is 0.328 e. The Morgan fingerprint density at radius 3 is 2.37 bits per heavy atom. The Morgan fingerprint density at radius 2 is 1.79 bits per heavy atom. The van der Waals surface area contributed by atoms with Crippen LogP contribution < -0.4 is 0 Å². The molecule has 0 aromatic carbocycles. The largest absolute Gasteiger partial charge is 0.467 e. The van der Waals surface area contributed by atoms with Crippen molar-refractivity contribution >= 4 is 11.9 Å². The van der Waals surface area contributed by atoms with Crippen LogP contribution in [0.5, 0.6) is 0 Å². The Hall–Kier alpha value is -1.10. The number of rotatable bonds is 3. The first-order chi connectivity index (χ1) is 9.20. The van der Waals surface area contributed by atoms with E-state index in [1.807, 2.05) is 4.90 Å². The molecule has 0 aromatic heterocycles. The molecule has 5 heteroatoms. The summed E-state index contributed by atoms with van der Waals surface area (Å²) in [6, 6.07) is 0.690. The van der Waals surface area contributed by atoms with Crippen molar-refractivity contribution in [1.29, 1.82) is 0 Å². The van der Waals surface area contributed by atoms with E-state index in [0.29, 0.717) is 12.8 Å². The van der Waals surface area contributed by atoms with Crippen molar-refractivity contribution < 1.29 is 14.3 Å². The van der Waals surface area contributed by atoms with Gasteiger partial charge in [-0.25, -0.2) is 4.79 Å². The number of carbonyl (C=O) groups excluding carboxylic acids is 2. The molecular weight excluding hydrogens is 244 g/mol. The lowest BCUT2D eigenvalue weighted by Gasteiger charge is -2.38. The summed E-state index contributed by atoms with van der Waals surface area (Å²) in [5, 5.41) is 0. The van der Waals surface area contributed by atoms with E-state index in [4.69, 9.17) is 4.74 Å². The number of piperidine rings is 1. The molecule has 3 fully saturated rings. The van der Waals surface area contributed by atoms with Crippen molar-refractivity contribution in [1.82, 2.24) is 9.80 Å². The molecule has 2 heterocycles. The fourth-order valence-corrected chi connectivity index (χ4v) is 3.50. The second-order valence-corrected chi connectivity index (χ2v) is 5.88. The van der Waals surface area contributed by atoms with Crippen LogP contribution in [0.2, 0.25) is 0 Å². The summed E-state index contributed by atoms with van der Waals surface area (Å²) in [7, 11) is 1.40. The topological polar surface area (TPSA) is 49.9 Å². The van der Waals surface area contributed by atoms with Gasteiger partial charge in [-0.15, -0.1) is 0 Å². The standard InChI is InChI=1S/C14H22N2O3/c1-19-14(18)12-4-5-13(17)16(12)11-6-8-15(9-7-11)10-2-3-10/h10-12H,2-9H2,1H3. The third-order valence-electron chi connectivity index (χ3n) is 4.68. The van der Waals surface area contributed by atoms with E-state index in [2.05, 4.69) is 4.90 Å². The lowest BCUT2D eigenvalue weighted by molar-refractivity contribution is -0.151. The molecule has 0 N–H and O–H groups in total. The van der Waals surface area contributed by atoms with Gasteiger partial charge < -0.3 is 14.5 Å². The Balaban J connectivity index is 1.63. The Labute approximate surface area is 113 Å². The third-order valence-corrected chi connectivity index (χ3v) is 4.68. The van der Waals surface area contributed by atoms with Crippen LogP contribution in [0.15, 0.2) is 0 Å². The van der Waals surface area contributed by atoms with E-state index in [1.165, 1.54) is 20.0 Å². The van der Waals surface area contributed by atoms with Gasteiger partial charge in [0.2, 0.25) is 5.91 Å². The molecule has 1 saturated carbocycles. The molecule has 2 aliphatic heterocycles. The first-order valence-corrected chi connectivity index (χ1v) is 7.33. The predicted octanol–water partition coefficient (Wildman–Crippen LogP) is 0.777. The Morgan fingerprint density at radius 1 is 1.11 bits per heavy atom. The number of methoxy groups -OCH3 is 1. The minimum atomic E-state index is -0.338. The molecule has 106 valence electrons. The average Bonchev–Trinajstić information content (AvgIpc) is 3.21. The number of amides is 1. The van der Waals surface area contributed by atoms with Gasteiger partial charge in [-0.3, -0.25) is 4.79 Å². The normalized spacial score (nSPS) is 29.8. The molecule has 3 aliphatic rings. The molecule has 1 atom stereocenters. The van der Waals surface area contributed by atoms with Gasteiger partial charge in [0, 0.05) is 31.6 Å². The molecule has 2 saturated heterocycles. The van der Waals surface area contributed by atoms with Crippen molar-refractivity contribution in [3.63, 3.8) is 0 Å². The highest BCUT2D eigenvalue weighted by Gasteiger charge is 2.42. The summed E-state index contributed by atoms with van der Waals surface area (Å²) in [4.78, 5) is 28.2. The molecule has 19 heavy (non-hydrogen) atoms. The lowest BCUT2D eigenvalue weighted by Crippen LogP contribution is -2.51. The van der Waals surface area contributed by atoms with E-state index >= 15 is 0 Å². The number of carbonyl (C=O) groups is 2. The zero-order valence-electron chi connectivity index (χ0n) is 11.5. The second-order valence-electron chi connectivity index (χ2n) is 5.88. The molecule has 0 spiro atoms. The predicted molar refractivity (Wildman–Crippen MR) is 69.5 cm³/mol. The summed E-state index contributed by atoms with van der Waals surface area (Å²) in [5.41, 5.74) is 0. The second kappa shape index (κ2) is 5.12. The van der Waals surface area contributed by atoms with Crippen molar-refractivity contribution in [3.8, 4) is 0 Å². The summed E-state index contributed by atoms with van der Waals surface area (Å²) in [5.74, 6) is -0.129. The highest BCUT2D eigenvalue weighted by Crippen LogP contribution is 2.32. The van der Waals surface area contributed by atoms with Gasteiger partial charge in [-0.05, 0) is 32.1 Å². The first kappa shape index (κ1) is 12.9. The van der Waals surface area contributed by atoms with Crippen LogP contribution >= 0.6 is 0 Å². The quantitative estimate of drug-likeness (QED) is 0.708. The van der Waals surface area contributed by atoms with Crippen molar-refractivity contribution in [3.05, 3.63) is 0 Å². The van der Waals surface area contributed by atoms with Crippen LogP contribution in [0.25, 0.3) is 0 Å². The molecule has 1 aliphatic carbocycles. The van der Waals surface area contributed by atoms with Gasteiger partial charge in [0.1, 0.15) is 6.04 Å². The summed E-state index contributed by atoms with van der Waals surface area (Å²) >= 11 is 0. The van der Waals surface area contributed by atoms with Crippen molar-refractivity contribution in [2.24, 2.45) is 0 Å². The number of hydrogen-bond acceptors (Lipinski definition) is 4. The number of esters is 1. The third kappa shape index (κ3) is 2.48. The summed E-state index contributed by atoms with van der Waals surface area (Å²) in [6.07, 6.45) is 5.76. The van der Waals surface area contributed by atoms with Gasteiger partial charge in [0.15, 0.2) is 0 Å². The SMILES string of the molecule is COC(=O)C1CCC(=O)N1C1CCN(C2CC2)CC1. The van der Waals surface area contributed by atoms with Crippen LogP contribution in [0.4, 0.5) is 0 Å². The Bertz CT molecular complexity index is 373. The fourth-order valence-electron chi connectivity index (χ4n) is 3.50. The van der Waals surface area contributed by atoms with E-state index in [9.17, 15) is 9.59 Å². The molecule has 3 rings (SSSR count). The summed E-state index contributed by atoms with van der Waals surface area (Å²) < 4.78 is 4.83. The van der Waals surface area contributed by atoms with Crippen LogP contribution in [-0.2, 0) is 14.3 Å². The zero-order chi connectivity index (χ0) is 13.4. The van der Waals surface area contributed by atoms with Crippen molar-refractivity contribution in [2.75, 3.05) is 20.2 Å². The maximum atomic E-state index is 12.0. The molecule has 0 bridgehead atoms. The number of hydrogen-bond donors (Lipinski definition) is 0. The van der Waals surface area contributed by atoms with Crippen LogP contribution in [0.3, 0.4) is 0 Å². The van der Waals surface area contributed by atoms with Gasteiger partial charge in [-0.1, -0.05) is 0 Å². The van der Waals surface area contributed by atoms with Gasteiger partial charge >= 0.3 is 5.97 Å². The molecule has 1 amide bonds. The molecular formula is C14H22N2O3. The zero-order valence-corrected chi connectivity index (χ0v) is 11.5. The number of nitrogens with zero attached hydrogens (tertiary/aromatic N) is 2. The average molecular weight is 266 g/mol. The van der Waals surface area contributed by atoms with Gasteiger partial charge in [0.25, 0.3) is 0 Å². The molecule has 5 nitrogen and oxygen atoms in total. The molecule has 1 unspecified atom stereocenters. The number of ether oxygens (including phenoxy) is 1. The molecule has 0 aromatic rings. The minimum Gasteiger partial charge on any atom is -0.467 e. The van der Waals surface area contributed by atoms with Crippen LogP contribution in [-0.4, -0.2) is 60.0 Å². The Kier molecular flexibility index (Phi) is 3.48. The van der Waals surface area contributed by atoms with E-state index in [-0.39, 0.29) is 24.0 Å². The van der Waals surface area contributed by atoms with E-state index in [0.717, 1.165) is 32.0 Å². The monoisotopic (exact) mass is 266 g/mol. The minimum absolute atomic E-state index is 0.125. The highest BCUT2D eigenvalue weighted by atomic mass is 16.5. The highest BCUT2D eigenvalue weighted by molar-refractivity contribution is 5.88. The fraction of sp³-hybridized carbons (Fsp3) is 0.857. The van der Waals surface area contributed by atoms with Crippen LogP contribution in [0, 0.1) is 0 Å². The van der Waals surface area contributed by atoms with Gasteiger partial charge in [0.05, 0.1) is 7.11 Å². The number of likely N-dealkylation sites (tertiary alicyclic amines) is 2. The van der Waals surface area contributed by atoms with Gasteiger partial charge in [-0.2, -0.15) is 0 Å². The van der Waals surface area contributed by atoms with Crippen molar-refractivity contribution in [2.45, 2.75) is 56.7 Å². The smallest absolute Gasteiger partial charge is 0.328 e.